The second-order valence-corrected chi connectivity index (χ2v) is 8.55. The maximum absolute atomic E-state index is 12.1. The molecule has 160 valence electrons. The minimum Gasteiger partial charge on any atom is -0.494 e. The summed E-state index contributed by atoms with van der Waals surface area (Å²) in [6, 6.07) is 7.79. The van der Waals surface area contributed by atoms with Gasteiger partial charge in [0.1, 0.15) is 5.75 Å². The van der Waals surface area contributed by atoms with Gasteiger partial charge >= 0.3 is 0 Å². The Morgan fingerprint density at radius 1 is 1.21 bits per heavy atom. The van der Waals surface area contributed by atoms with Gasteiger partial charge in [0.25, 0.3) is 0 Å². The summed E-state index contributed by atoms with van der Waals surface area (Å²) in [5.41, 5.74) is 0.992. The molecular weight excluding hydrogens is 491 g/mol. The molecule has 1 aliphatic carbocycles. The van der Waals surface area contributed by atoms with Crippen LogP contribution in [0.4, 0.5) is 0 Å². The van der Waals surface area contributed by atoms with Crippen molar-refractivity contribution < 1.29 is 13.2 Å². The summed E-state index contributed by atoms with van der Waals surface area (Å²) in [7, 11) is -3.26. The van der Waals surface area contributed by atoms with E-state index in [-0.39, 0.29) is 29.7 Å². The van der Waals surface area contributed by atoms with E-state index in [0.717, 1.165) is 24.2 Å². The minimum absolute atomic E-state index is 0. The predicted molar refractivity (Wildman–Crippen MR) is 125 cm³/mol. The molecule has 0 bridgehead atoms. The molecule has 0 saturated heterocycles. The fourth-order valence-corrected chi connectivity index (χ4v) is 3.76. The Bertz CT molecular complexity index is 709. The molecule has 1 fully saturated rings. The zero-order chi connectivity index (χ0) is 19.5. The lowest BCUT2D eigenvalue weighted by Crippen LogP contribution is -2.42. The molecule has 0 unspecified atom stereocenters. The summed E-state index contributed by atoms with van der Waals surface area (Å²) in [5, 5.41) is 6.23. The number of guanidine groups is 1. The first kappa shape index (κ1) is 25.0. The third kappa shape index (κ3) is 8.95. The summed E-state index contributed by atoms with van der Waals surface area (Å²) in [4.78, 5) is 4.54. The summed E-state index contributed by atoms with van der Waals surface area (Å²) in [6.45, 7) is 6.55. The molecule has 1 aromatic rings. The molecule has 1 saturated carbocycles. The van der Waals surface area contributed by atoms with Crippen molar-refractivity contribution in [2.75, 3.05) is 32.0 Å². The Morgan fingerprint density at radius 2 is 1.96 bits per heavy atom. The van der Waals surface area contributed by atoms with Crippen molar-refractivity contribution in [2.45, 2.75) is 39.7 Å². The molecule has 1 aliphatic rings. The number of rotatable bonds is 11. The van der Waals surface area contributed by atoms with Crippen molar-refractivity contribution in [3.05, 3.63) is 29.8 Å². The molecular formula is C19H33IN4O3S. The Labute approximate surface area is 186 Å². The second-order valence-electron chi connectivity index (χ2n) is 6.63. The molecule has 1 aromatic carbocycles. The highest BCUT2D eigenvalue weighted by Gasteiger charge is 2.20. The van der Waals surface area contributed by atoms with Crippen LogP contribution in [0.1, 0.15) is 38.7 Å². The zero-order valence-corrected chi connectivity index (χ0v) is 19.9. The van der Waals surface area contributed by atoms with Crippen LogP contribution in [0, 0.1) is 5.92 Å². The Balaban J connectivity index is 0.00000392. The van der Waals surface area contributed by atoms with E-state index in [1.54, 1.807) is 0 Å². The molecule has 2 rings (SSSR count). The van der Waals surface area contributed by atoms with Crippen molar-refractivity contribution in [1.82, 2.24) is 15.4 Å². The van der Waals surface area contributed by atoms with Gasteiger partial charge in [-0.1, -0.05) is 24.6 Å². The van der Waals surface area contributed by atoms with Crippen molar-refractivity contribution in [1.29, 1.82) is 0 Å². The fraction of sp³-hybridized carbons (Fsp3) is 0.632. The van der Waals surface area contributed by atoms with E-state index in [0.29, 0.717) is 44.7 Å². The standard InChI is InChI=1S/C19H32N4O3S.HI/c1-3-20-19(22-15-17-10-5-6-11-18(17)26-4-2)21-12-13-27(24,25)23-14-16-8-7-9-16;/h5-6,10-11,16,23H,3-4,7-9,12-15H2,1-2H3,(H2,20,21,22);1H. The van der Waals surface area contributed by atoms with E-state index >= 15 is 0 Å². The molecule has 0 aliphatic heterocycles. The van der Waals surface area contributed by atoms with Crippen LogP contribution in [-0.2, 0) is 16.6 Å². The van der Waals surface area contributed by atoms with Crippen molar-refractivity contribution >= 4 is 40.0 Å². The van der Waals surface area contributed by atoms with Gasteiger partial charge in [-0.05, 0) is 38.7 Å². The molecule has 0 atom stereocenters. The van der Waals surface area contributed by atoms with Gasteiger partial charge in [0.15, 0.2) is 5.96 Å². The molecule has 0 heterocycles. The fourth-order valence-electron chi connectivity index (χ4n) is 2.75. The first-order valence-corrected chi connectivity index (χ1v) is 11.4. The number of nitrogens with one attached hydrogen (secondary N) is 3. The molecule has 9 heteroatoms. The van der Waals surface area contributed by atoms with Crippen molar-refractivity contribution in [3.63, 3.8) is 0 Å². The Morgan fingerprint density at radius 3 is 2.61 bits per heavy atom. The lowest BCUT2D eigenvalue weighted by atomic mass is 9.86. The van der Waals surface area contributed by atoms with E-state index in [4.69, 9.17) is 4.74 Å². The molecule has 0 radical (unpaired) electrons. The number of benzene rings is 1. The van der Waals surface area contributed by atoms with E-state index in [2.05, 4.69) is 20.3 Å². The van der Waals surface area contributed by atoms with Gasteiger partial charge in [-0.25, -0.2) is 18.1 Å². The Kier molecular flexibility index (Phi) is 11.8. The first-order valence-electron chi connectivity index (χ1n) is 9.74. The quantitative estimate of drug-likeness (QED) is 0.235. The number of para-hydroxylation sites is 1. The van der Waals surface area contributed by atoms with Gasteiger partial charge in [0, 0.05) is 25.2 Å². The predicted octanol–water partition coefficient (Wildman–Crippen LogP) is 2.48. The lowest BCUT2D eigenvalue weighted by Gasteiger charge is -2.25. The van der Waals surface area contributed by atoms with Gasteiger partial charge in [-0.3, -0.25) is 0 Å². The number of ether oxygens (including phenoxy) is 1. The maximum Gasteiger partial charge on any atom is 0.213 e. The molecule has 0 aromatic heterocycles. The third-order valence-electron chi connectivity index (χ3n) is 4.50. The van der Waals surface area contributed by atoms with Crippen molar-refractivity contribution in [2.24, 2.45) is 10.9 Å². The van der Waals surface area contributed by atoms with Crippen molar-refractivity contribution in [3.8, 4) is 5.75 Å². The summed E-state index contributed by atoms with van der Waals surface area (Å²) >= 11 is 0. The van der Waals surface area contributed by atoms with Gasteiger partial charge in [0.05, 0.1) is 18.9 Å². The minimum atomic E-state index is -3.26. The zero-order valence-electron chi connectivity index (χ0n) is 16.7. The van der Waals surface area contributed by atoms with Crippen LogP contribution < -0.4 is 20.1 Å². The highest BCUT2D eigenvalue weighted by atomic mass is 127. The summed E-state index contributed by atoms with van der Waals surface area (Å²) in [6.07, 6.45) is 3.46. The third-order valence-corrected chi connectivity index (χ3v) is 5.85. The van der Waals surface area contributed by atoms with Crippen LogP contribution in [0.15, 0.2) is 29.3 Å². The average Bonchev–Trinajstić information content (AvgIpc) is 2.59. The van der Waals surface area contributed by atoms with E-state index < -0.39 is 10.0 Å². The number of aliphatic imine (C=N–C) groups is 1. The van der Waals surface area contributed by atoms with Gasteiger partial charge in [-0.15, -0.1) is 24.0 Å². The SMILES string of the molecule is CCNC(=NCc1ccccc1OCC)NCCS(=O)(=O)NCC1CCC1.I. The van der Waals surface area contributed by atoms with E-state index in [9.17, 15) is 8.42 Å². The monoisotopic (exact) mass is 524 g/mol. The number of hydrogen-bond acceptors (Lipinski definition) is 4. The van der Waals surface area contributed by atoms with Crippen LogP contribution >= 0.6 is 24.0 Å². The molecule has 7 nitrogen and oxygen atoms in total. The molecule has 0 amide bonds. The lowest BCUT2D eigenvalue weighted by molar-refractivity contribution is 0.316. The van der Waals surface area contributed by atoms with Crippen LogP contribution in [-0.4, -0.2) is 46.4 Å². The Hall–Kier alpha value is -1.07. The number of sulfonamides is 1. The van der Waals surface area contributed by atoms with Gasteiger partial charge < -0.3 is 15.4 Å². The first-order chi connectivity index (χ1) is 13.0. The van der Waals surface area contributed by atoms with Gasteiger partial charge in [-0.2, -0.15) is 0 Å². The van der Waals surface area contributed by atoms with E-state index in [1.165, 1.54) is 6.42 Å². The van der Waals surface area contributed by atoms with Crippen LogP contribution in [0.25, 0.3) is 0 Å². The normalized spacial score (nSPS) is 14.7. The maximum atomic E-state index is 12.1. The van der Waals surface area contributed by atoms with E-state index in [1.807, 2.05) is 38.1 Å². The molecule has 3 N–H and O–H groups in total. The average molecular weight is 524 g/mol. The highest BCUT2D eigenvalue weighted by Crippen LogP contribution is 2.25. The molecule has 0 spiro atoms. The highest BCUT2D eigenvalue weighted by molar-refractivity contribution is 14.0. The summed E-state index contributed by atoms with van der Waals surface area (Å²) in [5.74, 6) is 1.96. The number of hydrogen-bond donors (Lipinski definition) is 3. The number of nitrogens with zero attached hydrogens (tertiary/aromatic N) is 1. The molecule has 28 heavy (non-hydrogen) atoms. The second kappa shape index (κ2) is 13.2. The number of halogens is 1. The van der Waals surface area contributed by atoms with Gasteiger partial charge in [0.2, 0.25) is 10.0 Å². The topological polar surface area (TPSA) is 91.8 Å². The van der Waals surface area contributed by atoms with Crippen LogP contribution in [0.2, 0.25) is 0 Å². The summed E-state index contributed by atoms with van der Waals surface area (Å²) < 4.78 is 32.5. The van der Waals surface area contributed by atoms with Crippen LogP contribution in [0.3, 0.4) is 0 Å². The smallest absolute Gasteiger partial charge is 0.213 e. The van der Waals surface area contributed by atoms with Crippen LogP contribution in [0.5, 0.6) is 5.75 Å². The largest absolute Gasteiger partial charge is 0.494 e.